The standard InChI is InChI=1S/C32H31NO/c1-31(2)29-23-24(19-20-28(29)32(34-31)21-11-12-22-32)27-17-9-10-18-30(27)33(25-13-5-3-6-14-25)26-15-7-4-8-16-26/h3-10,13-20,23H,11-12,21-22H2,1-2H3. The van der Waals surface area contributed by atoms with E-state index in [1.165, 1.54) is 40.8 Å². The van der Waals surface area contributed by atoms with Gasteiger partial charge in [-0.2, -0.15) is 0 Å². The summed E-state index contributed by atoms with van der Waals surface area (Å²) in [4.78, 5) is 2.35. The fourth-order valence-corrected chi connectivity index (χ4v) is 6.02. The molecule has 0 atom stereocenters. The highest BCUT2D eigenvalue weighted by molar-refractivity contribution is 5.88. The minimum Gasteiger partial charge on any atom is -0.360 e. The molecule has 0 amide bonds. The topological polar surface area (TPSA) is 12.5 Å². The molecule has 0 unspecified atom stereocenters. The van der Waals surface area contributed by atoms with E-state index in [0.717, 1.165) is 24.2 Å². The van der Waals surface area contributed by atoms with Gasteiger partial charge in [-0.15, -0.1) is 0 Å². The lowest BCUT2D eigenvalue weighted by atomic mass is 9.85. The number of hydrogen-bond acceptors (Lipinski definition) is 2. The molecule has 1 saturated carbocycles. The molecule has 0 radical (unpaired) electrons. The van der Waals surface area contributed by atoms with Crippen molar-refractivity contribution in [2.24, 2.45) is 0 Å². The highest BCUT2D eigenvalue weighted by Crippen LogP contribution is 2.55. The zero-order valence-electron chi connectivity index (χ0n) is 20.0. The third-order valence-electron chi connectivity index (χ3n) is 7.51. The van der Waals surface area contributed by atoms with E-state index < -0.39 is 0 Å². The molecule has 2 aliphatic rings. The number of fused-ring (bicyclic) bond motifs is 2. The zero-order chi connectivity index (χ0) is 23.2. The summed E-state index contributed by atoms with van der Waals surface area (Å²) in [5, 5.41) is 0. The Kier molecular flexibility index (Phi) is 5.08. The van der Waals surface area contributed by atoms with Crippen molar-refractivity contribution < 1.29 is 4.74 Å². The third-order valence-corrected chi connectivity index (χ3v) is 7.51. The van der Waals surface area contributed by atoms with Crippen LogP contribution in [0.5, 0.6) is 0 Å². The van der Waals surface area contributed by atoms with Crippen LogP contribution in [0.2, 0.25) is 0 Å². The summed E-state index contributed by atoms with van der Waals surface area (Å²) in [6, 6.07) is 37.0. The normalized spacial score (nSPS) is 17.6. The first-order valence-corrected chi connectivity index (χ1v) is 12.4. The molecule has 34 heavy (non-hydrogen) atoms. The first-order chi connectivity index (χ1) is 16.6. The lowest BCUT2D eigenvalue weighted by Crippen LogP contribution is -2.25. The third kappa shape index (κ3) is 3.45. The van der Waals surface area contributed by atoms with E-state index in [-0.39, 0.29) is 11.2 Å². The number of ether oxygens (including phenoxy) is 1. The Morgan fingerprint density at radius 1 is 0.647 bits per heavy atom. The van der Waals surface area contributed by atoms with Gasteiger partial charge in [-0.3, -0.25) is 0 Å². The molecule has 1 aliphatic carbocycles. The maximum atomic E-state index is 6.76. The number of benzene rings is 4. The van der Waals surface area contributed by atoms with Gasteiger partial charge in [0.1, 0.15) is 0 Å². The summed E-state index contributed by atoms with van der Waals surface area (Å²) in [5.74, 6) is 0. The van der Waals surface area contributed by atoms with Crippen molar-refractivity contribution in [2.75, 3.05) is 4.90 Å². The molecule has 6 rings (SSSR count). The summed E-state index contributed by atoms with van der Waals surface area (Å²) in [6.45, 7) is 4.46. The van der Waals surface area contributed by atoms with Crippen LogP contribution in [0.1, 0.15) is 50.7 Å². The van der Waals surface area contributed by atoms with Crippen molar-refractivity contribution in [3.8, 4) is 11.1 Å². The van der Waals surface area contributed by atoms with Gasteiger partial charge in [0.15, 0.2) is 0 Å². The summed E-state index contributed by atoms with van der Waals surface area (Å²) in [6.07, 6.45) is 4.77. The molecule has 2 nitrogen and oxygen atoms in total. The van der Waals surface area contributed by atoms with E-state index in [2.05, 4.69) is 122 Å². The Morgan fingerprint density at radius 3 is 1.88 bits per heavy atom. The van der Waals surface area contributed by atoms with Gasteiger partial charge < -0.3 is 9.64 Å². The van der Waals surface area contributed by atoms with Crippen LogP contribution in [0.4, 0.5) is 17.1 Å². The molecular formula is C32H31NO. The van der Waals surface area contributed by atoms with Gasteiger partial charge >= 0.3 is 0 Å². The molecule has 0 saturated heterocycles. The molecule has 0 bridgehead atoms. The zero-order valence-corrected chi connectivity index (χ0v) is 20.0. The van der Waals surface area contributed by atoms with E-state index in [1.54, 1.807) is 0 Å². The maximum Gasteiger partial charge on any atom is 0.0946 e. The minimum absolute atomic E-state index is 0.0863. The molecule has 4 aromatic carbocycles. The second-order valence-electron chi connectivity index (χ2n) is 10.1. The predicted octanol–water partition coefficient (Wildman–Crippen LogP) is 8.86. The fraction of sp³-hybridized carbons (Fsp3) is 0.250. The first-order valence-electron chi connectivity index (χ1n) is 12.4. The maximum absolute atomic E-state index is 6.76. The van der Waals surface area contributed by atoms with E-state index in [0.29, 0.717) is 0 Å². The van der Waals surface area contributed by atoms with Crippen LogP contribution < -0.4 is 4.90 Å². The average Bonchev–Trinajstić information content (AvgIpc) is 3.42. The van der Waals surface area contributed by atoms with E-state index in [4.69, 9.17) is 4.74 Å². The molecule has 1 heterocycles. The Balaban J connectivity index is 1.51. The molecule has 0 N–H and O–H groups in total. The van der Waals surface area contributed by atoms with Crippen LogP contribution in [0, 0.1) is 0 Å². The SMILES string of the molecule is CC1(C)OC2(CCCC2)c2ccc(-c3ccccc3N(c3ccccc3)c3ccccc3)cc21. The highest BCUT2D eigenvalue weighted by Gasteiger charge is 2.50. The predicted molar refractivity (Wildman–Crippen MR) is 141 cm³/mol. The van der Waals surface area contributed by atoms with Gasteiger partial charge in [0, 0.05) is 16.9 Å². The first kappa shape index (κ1) is 21.2. The van der Waals surface area contributed by atoms with E-state index in [9.17, 15) is 0 Å². The van der Waals surface area contributed by atoms with Crippen molar-refractivity contribution in [1.82, 2.24) is 0 Å². The molecule has 4 aromatic rings. The summed E-state index contributed by atoms with van der Waals surface area (Å²) < 4.78 is 6.76. The van der Waals surface area contributed by atoms with E-state index in [1.807, 2.05) is 0 Å². The lowest BCUT2D eigenvalue weighted by molar-refractivity contribution is -0.122. The summed E-state index contributed by atoms with van der Waals surface area (Å²) in [7, 11) is 0. The van der Waals surface area contributed by atoms with E-state index >= 15 is 0 Å². The lowest BCUT2D eigenvalue weighted by Gasteiger charge is -2.28. The van der Waals surface area contributed by atoms with Crippen LogP contribution in [0.3, 0.4) is 0 Å². The van der Waals surface area contributed by atoms with Crippen LogP contribution >= 0.6 is 0 Å². The number of para-hydroxylation sites is 3. The number of hydrogen-bond donors (Lipinski definition) is 0. The molecule has 1 spiro atoms. The fourth-order valence-electron chi connectivity index (χ4n) is 6.02. The number of anilines is 3. The van der Waals surface area contributed by atoms with Gasteiger partial charge in [-0.1, -0.05) is 79.6 Å². The van der Waals surface area contributed by atoms with Crippen molar-refractivity contribution in [3.63, 3.8) is 0 Å². The highest BCUT2D eigenvalue weighted by atomic mass is 16.5. The quantitative estimate of drug-likeness (QED) is 0.311. The Morgan fingerprint density at radius 2 is 1.24 bits per heavy atom. The van der Waals surface area contributed by atoms with Crippen molar-refractivity contribution in [3.05, 3.63) is 114 Å². The molecule has 0 aromatic heterocycles. The van der Waals surface area contributed by atoms with Gasteiger partial charge in [0.05, 0.1) is 16.9 Å². The van der Waals surface area contributed by atoms with Crippen molar-refractivity contribution in [2.45, 2.75) is 50.7 Å². The van der Waals surface area contributed by atoms with Gasteiger partial charge in [0.2, 0.25) is 0 Å². The Bertz CT molecular complexity index is 1260. The Labute approximate surface area is 202 Å². The van der Waals surface area contributed by atoms with Crippen molar-refractivity contribution in [1.29, 1.82) is 0 Å². The molecular weight excluding hydrogens is 414 g/mol. The van der Waals surface area contributed by atoms with Crippen LogP contribution in [0.25, 0.3) is 11.1 Å². The van der Waals surface area contributed by atoms with Crippen LogP contribution in [-0.2, 0) is 15.9 Å². The second-order valence-corrected chi connectivity index (χ2v) is 10.1. The molecule has 1 fully saturated rings. The summed E-state index contributed by atoms with van der Waals surface area (Å²) >= 11 is 0. The number of nitrogens with zero attached hydrogens (tertiary/aromatic N) is 1. The van der Waals surface area contributed by atoms with Gasteiger partial charge in [-0.05, 0) is 79.8 Å². The van der Waals surface area contributed by atoms with Crippen molar-refractivity contribution >= 4 is 17.1 Å². The Hall–Kier alpha value is -3.36. The molecule has 170 valence electrons. The van der Waals surface area contributed by atoms with Crippen LogP contribution in [0.15, 0.2) is 103 Å². The van der Waals surface area contributed by atoms with Gasteiger partial charge in [0.25, 0.3) is 0 Å². The average molecular weight is 446 g/mol. The smallest absolute Gasteiger partial charge is 0.0946 e. The van der Waals surface area contributed by atoms with Crippen LogP contribution in [-0.4, -0.2) is 0 Å². The number of rotatable bonds is 4. The molecule has 2 heteroatoms. The largest absolute Gasteiger partial charge is 0.360 e. The molecule has 1 aliphatic heterocycles. The summed E-state index contributed by atoms with van der Waals surface area (Å²) in [5.41, 5.74) is 8.31. The minimum atomic E-state index is -0.275. The second kappa shape index (κ2) is 8.14. The monoisotopic (exact) mass is 445 g/mol. The van der Waals surface area contributed by atoms with Gasteiger partial charge in [-0.25, -0.2) is 0 Å².